The maximum Gasteiger partial charge on any atom is 0.297 e. The van der Waals surface area contributed by atoms with Crippen LogP contribution in [-0.4, -0.2) is 22.9 Å². The van der Waals surface area contributed by atoms with Gasteiger partial charge in [0.1, 0.15) is 5.75 Å². The molecule has 5 nitrogen and oxygen atoms in total. The fraction of sp³-hybridized carbons (Fsp3) is 0.667. The maximum atomic E-state index is 13.1. The molecule has 2 aromatic rings. The Hall–Kier alpha value is -2.17. The van der Waals surface area contributed by atoms with E-state index in [9.17, 15) is 9.90 Å². The van der Waals surface area contributed by atoms with E-state index in [1.807, 2.05) is 18.2 Å². The van der Waals surface area contributed by atoms with E-state index < -0.39 is 0 Å². The van der Waals surface area contributed by atoms with Gasteiger partial charge in [-0.2, -0.15) is 0 Å². The van der Waals surface area contributed by atoms with Crippen LogP contribution in [0.1, 0.15) is 97.8 Å². The number of benzene rings is 1. The summed E-state index contributed by atoms with van der Waals surface area (Å²) in [6, 6.07) is 5.74. The van der Waals surface area contributed by atoms with Crippen LogP contribution in [0, 0.1) is 0 Å². The third-order valence-corrected chi connectivity index (χ3v) is 5.91. The molecule has 180 valence electrons. The first-order valence-corrected chi connectivity index (χ1v) is 12.8. The van der Waals surface area contributed by atoms with Gasteiger partial charge in [-0.05, 0) is 31.4 Å². The van der Waals surface area contributed by atoms with E-state index >= 15 is 0 Å². The monoisotopic (exact) mass is 445 g/mol. The van der Waals surface area contributed by atoms with Crippen molar-refractivity contribution in [3.05, 3.63) is 28.6 Å². The largest absolute Gasteiger partial charge is 0.500 e. The molecule has 32 heavy (non-hydrogen) atoms. The number of unbranched alkanes of at least 4 members (excludes halogenated alkanes) is 9. The average Bonchev–Trinajstić information content (AvgIpc) is 2.80. The molecule has 0 saturated carbocycles. The predicted molar refractivity (Wildman–Crippen MR) is 133 cm³/mol. The molecule has 0 atom stereocenters. The van der Waals surface area contributed by atoms with Crippen LogP contribution < -0.4 is 15.0 Å². The number of rotatable bonds is 17. The minimum atomic E-state index is -0.375. The summed E-state index contributed by atoms with van der Waals surface area (Å²) in [6.45, 7) is 8.26. The van der Waals surface area contributed by atoms with E-state index in [0.29, 0.717) is 25.5 Å². The summed E-state index contributed by atoms with van der Waals surface area (Å²) in [5, 5.41) is 11.5. The van der Waals surface area contributed by atoms with Gasteiger partial charge in [0.25, 0.3) is 5.56 Å². The van der Waals surface area contributed by atoms with E-state index in [1.54, 1.807) is 4.57 Å². The van der Waals surface area contributed by atoms with E-state index in [4.69, 9.17) is 9.47 Å². The van der Waals surface area contributed by atoms with Gasteiger partial charge in [-0.3, -0.25) is 4.79 Å². The molecule has 1 aromatic carbocycles. The second-order valence-electron chi connectivity index (χ2n) is 8.69. The van der Waals surface area contributed by atoms with Crippen LogP contribution in [0.5, 0.6) is 17.2 Å². The lowest BCUT2D eigenvalue weighted by Crippen LogP contribution is -2.21. The topological polar surface area (TPSA) is 60.7 Å². The smallest absolute Gasteiger partial charge is 0.297 e. The molecule has 0 spiro atoms. The van der Waals surface area contributed by atoms with Gasteiger partial charge < -0.3 is 19.1 Å². The number of pyridine rings is 1. The van der Waals surface area contributed by atoms with Gasteiger partial charge in [-0.15, -0.1) is 0 Å². The zero-order chi connectivity index (χ0) is 23.2. The Morgan fingerprint density at radius 2 is 1.41 bits per heavy atom. The van der Waals surface area contributed by atoms with Crippen molar-refractivity contribution in [2.24, 2.45) is 0 Å². The summed E-state index contributed by atoms with van der Waals surface area (Å²) in [7, 11) is 0. The van der Waals surface area contributed by atoms with Crippen molar-refractivity contribution in [2.75, 3.05) is 13.2 Å². The van der Waals surface area contributed by atoms with Gasteiger partial charge >= 0.3 is 0 Å². The molecule has 0 aliphatic heterocycles. The van der Waals surface area contributed by atoms with Gasteiger partial charge in [0.15, 0.2) is 5.75 Å². The highest BCUT2D eigenvalue weighted by Gasteiger charge is 2.18. The zero-order valence-corrected chi connectivity index (χ0v) is 20.5. The van der Waals surface area contributed by atoms with Gasteiger partial charge in [-0.1, -0.05) is 78.6 Å². The van der Waals surface area contributed by atoms with Crippen molar-refractivity contribution < 1.29 is 14.6 Å². The lowest BCUT2D eigenvalue weighted by Gasteiger charge is -2.17. The molecule has 0 aliphatic carbocycles. The van der Waals surface area contributed by atoms with Crippen molar-refractivity contribution >= 4 is 10.9 Å². The molecule has 1 aromatic heterocycles. The Bertz CT molecular complexity index is 859. The van der Waals surface area contributed by atoms with Crippen molar-refractivity contribution in [1.82, 2.24) is 4.57 Å². The first-order valence-electron chi connectivity index (χ1n) is 12.8. The van der Waals surface area contributed by atoms with Crippen LogP contribution in [0.15, 0.2) is 23.0 Å². The molecule has 0 saturated heterocycles. The van der Waals surface area contributed by atoms with Crippen molar-refractivity contribution in [2.45, 2.75) is 104 Å². The molecule has 0 fully saturated rings. The summed E-state index contributed by atoms with van der Waals surface area (Å²) in [5.74, 6) is 0.779. The van der Waals surface area contributed by atoms with Gasteiger partial charge in [0.2, 0.25) is 5.75 Å². The first kappa shape index (κ1) is 26.1. The molecule has 2 rings (SSSR count). The van der Waals surface area contributed by atoms with Crippen molar-refractivity contribution in [3.63, 3.8) is 0 Å². The van der Waals surface area contributed by atoms with Gasteiger partial charge in [0, 0.05) is 18.0 Å². The highest BCUT2D eigenvalue weighted by molar-refractivity contribution is 5.88. The molecule has 0 radical (unpaired) electrons. The number of nitrogens with zero attached hydrogens (tertiary/aromatic N) is 1. The molecule has 0 unspecified atom stereocenters. The summed E-state index contributed by atoms with van der Waals surface area (Å²) < 4.78 is 13.5. The summed E-state index contributed by atoms with van der Waals surface area (Å²) in [5.41, 5.74) is 0.402. The van der Waals surface area contributed by atoms with Crippen LogP contribution in [0.2, 0.25) is 0 Å². The fourth-order valence-electron chi connectivity index (χ4n) is 3.93. The molecule has 0 aliphatic rings. The van der Waals surface area contributed by atoms with E-state index in [1.165, 1.54) is 25.7 Å². The summed E-state index contributed by atoms with van der Waals surface area (Å²) in [4.78, 5) is 13.1. The second-order valence-corrected chi connectivity index (χ2v) is 8.69. The van der Waals surface area contributed by atoms with Gasteiger partial charge in [0.05, 0.1) is 18.7 Å². The number of aromatic hydroxyl groups is 1. The highest BCUT2D eigenvalue weighted by atomic mass is 16.5. The quantitative estimate of drug-likeness (QED) is 0.261. The first-order chi connectivity index (χ1) is 15.6. The number of ether oxygens (including phenoxy) is 2. The van der Waals surface area contributed by atoms with Gasteiger partial charge in [-0.25, -0.2) is 0 Å². The average molecular weight is 446 g/mol. The second kappa shape index (κ2) is 14.8. The normalized spacial score (nSPS) is 11.2. The van der Waals surface area contributed by atoms with Crippen LogP contribution in [-0.2, 0) is 6.54 Å². The van der Waals surface area contributed by atoms with Crippen LogP contribution in [0.25, 0.3) is 10.9 Å². The fourth-order valence-corrected chi connectivity index (χ4v) is 3.93. The van der Waals surface area contributed by atoms with Crippen molar-refractivity contribution in [3.8, 4) is 17.2 Å². The Kier molecular flexibility index (Phi) is 12.1. The van der Waals surface area contributed by atoms with E-state index in [2.05, 4.69) is 20.8 Å². The lowest BCUT2D eigenvalue weighted by atomic mass is 10.1. The minimum absolute atomic E-state index is 0.279. The molecule has 5 heteroatoms. The Labute approximate surface area is 193 Å². The Morgan fingerprint density at radius 3 is 2.12 bits per heavy atom. The predicted octanol–water partition coefficient (Wildman–Crippen LogP) is 7.21. The third-order valence-electron chi connectivity index (χ3n) is 5.91. The van der Waals surface area contributed by atoms with E-state index in [-0.39, 0.29) is 11.3 Å². The standard InChI is InChI=1S/C27H43NO4/c1-4-7-10-12-13-14-18-28-24-21-22(31-19-9-6-3)16-17-23(24)26(25(29)27(28)30)32-20-15-11-8-5-2/h16-17,21,29H,4-15,18-20H2,1-3H3. The molecule has 1 heterocycles. The Balaban J connectivity index is 2.28. The number of aryl methyl sites for hydroxylation is 1. The van der Waals surface area contributed by atoms with Crippen molar-refractivity contribution in [1.29, 1.82) is 0 Å². The van der Waals surface area contributed by atoms with Crippen LogP contribution in [0.3, 0.4) is 0 Å². The highest BCUT2D eigenvalue weighted by Crippen LogP contribution is 2.34. The number of hydrogen-bond acceptors (Lipinski definition) is 4. The summed E-state index contributed by atoms with van der Waals surface area (Å²) in [6.07, 6.45) is 13.3. The van der Waals surface area contributed by atoms with Crippen LogP contribution >= 0.6 is 0 Å². The molecule has 0 bridgehead atoms. The zero-order valence-electron chi connectivity index (χ0n) is 20.5. The van der Waals surface area contributed by atoms with E-state index in [0.717, 1.165) is 68.0 Å². The number of fused-ring (bicyclic) bond motifs is 1. The lowest BCUT2D eigenvalue weighted by molar-refractivity contribution is 0.290. The minimum Gasteiger partial charge on any atom is -0.500 e. The molecule has 1 N–H and O–H groups in total. The number of hydrogen-bond donors (Lipinski definition) is 1. The molecule has 0 amide bonds. The molecular formula is C27H43NO4. The molecular weight excluding hydrogens is 402 g/mol. The Morgan fingerprint density at radius 1 is 0.781 bits per heavy atom. The summed E-state index contributed by atoms with van der Waals surface area (Å²) >= 11 is 0. The number of aromatic nitrogens is 1. The maximum absolute atomic E-state index is 13.1. The van der Waals surface area contributed by atoms with Crippen LogP contribution in [0.4, 0.5) is 0 Å². The third kappa shape index (κ3) is 7.75. The SMILES string of the molecule is CCCCCCCCn1c(=O)c(O)c(OCCCCCC)c2ccc(OCCCC)cc21.